The Morgan fingerprint density at radius 3 is 2.88 bits per heavy atom. The number of H-pyrrole nitrogens is 1. The van der Waals surface area contributed by atoms with Crippen molar-refractivity contribution in [2.75, 3.05) is 0 Å². The summed E-state index contributed by atoms with van der Waals surface area (Å²) in [7, 11) is 0. The van der Waals surface area contributed by atoms with Crippen LogP contribution in [0.25, 0.3) is 16.7 Å². The van der Waals surface area contributed by atoms with E-state index in [-0.39, 0.29) is 0 Å². The number of aromatic amines is 1. The minimum absolute atomic E-state index is 0.525. The lowest BCUT2D eigenvalue weighted by molar-refractivity contribution is 0.965. The van der Waals surface area contributed by atoms with Crippen molar-refractivity contribution in [3.05, 3.63) is 57.0 Å². The summed E-state index contributed by atoms with van der Waals surface area (Å²) in [4.78, 5) is 26.9. The molecule has 5 heteroatoms. The molecule has 0 atom stereocenters. The maximum atomic E-state index is 11.4. The molecular weight excluding hydrogens is 206 g/mol. The molecule has 5 nitrogen and oxygen atoms in total. The van der Waals surface area contributed by atoms with Gasteiger partial charge in [-0.3, -0.25) is 14.7 Å². The van der Waals surface area contributed by atoms with E-state index in [1.165, 1.54) is 12.1 Å². The van der Waals surface area contributed by atoms with Gasteiger partial charge < -0.3 is 0 Å². The first-order chi connectivity index (χ1) is 7.75. The zero-order chi connectivity index (χ0) is 11.1. The number of rotatable bonds is 0. The number of hydrogen-bond donors (Lipinski definition) is 1. The lowest BCUT2D eigenvalue weighted by Crippen LogP contribution is -2.18. The fourth-order valence-electron chi connectivity index (χ4n) is 1.66. The first-order valence-electron chi connectivity index (χ1n) is 4.76. The molecule has 2 aromatic heterocycles. The molecule has 0 aliphatic heterocycles. The van der Waals surface area contributed by atoms with Crippen molar-refractivity contribution in [3.8, 4) is 0 Å². The summed E-state index contributed by atoms with van der Waals surface area (Å²) in [5, 5.41) is 2.95. The molecule has 1 N–H and O–H groups in total. The van der Waals surface area contributed by atoms with Crippen LogP contribution < -0.4 is 10.9 Å². The average Bonchev–Trinajstić information content (AvgIpc) is 2.58. The lowest BCUT2D eigenvalue weighted by atomic mass is 10.4. The maximum Gasteiger partial charge on any atom is 0.227 e. The number of aromatic nitrogens is 3. The molecule has 0 fully saturated rings. The normalized spacial score (nSPS) is 11.0. The Labute approximate surface area is 89.0 Å². The third kappa shape index (κ3) is 1.15. The van der Waals surface area contributed by atoms with Crippen LogP contribution in [0.4, 0.5) is 0 Å². The van der Waals surface area contributed by atoms with E-state index in [9.17, 15) is 9.59 Å². The summed E-state index contributed by atoms with van der Waals surface area (Å²) < 4.78 is 1.66. The Morgan fingerprint density at radius 1 is 1.12 bits per heavy atom. The highest BCUT2D eigenvalue weighted by Crippen LogP contribution is 2.10. The molecule has 1 aromatic carbocycles. The molecule has 0 unspecified atom stereocenters. The Balaban J connectivity index is 2.67. The van der Waals surface area contributed by atoms with Crippen molar-refractivity contribution in [2.45, 2.75) is 0 Å². The summed E-state index contributed by atoms with van der Waals surface area (Å²) in [6, 6.07) is 7.74. The van der Waals surface area contributed by atoms with Crippen LogP contribution in [0.1, 0.15) is 0 Å². The molecule has 3 rings (SSSR count). The third-order valence-electron chi connectivity index (χ3n) is 2.42. The topological polar surface area (TPSA) is 67.2 Å². The second-order valence-electron chi connectivity index (χ2n) is 3.44. The summed E-state index contributed by atoms with van der Waals surface area (Å²) in [6.45, 7) is 0. The van der Waals surface area contributed by atoms with Crippen LogP contribution in [0.5, 0.6) is 0 Å². The van der Waals surface area contributed by atoms with E-state index in [0.29, 0.717) is 16.7 Å². The van der Waals surface area contributed by atoms with Gasteiger partial charge in [0.05, 0.1) is 11.0 Å². The quantitative estimate of drug-likeness (QED) is 0.554. The molecule has 0 bridgehead atoms. The molecule has 16 heavy (non-hydrogen) atoms. The summed E-state index contributed by atoms with van der Waals surface area (Å²) >= 11 is 0. The number of nitrogens with one attached hydrogen (secondary N) is 1. The molecule has 0 saturated carbocycles. The van der Waals surface area contributed by atoms with Gasteiger partial charge in [0.2, 0.25) is 10.9 Å². The smallest absolute Gasteiger partial charge is 0.227 e. The predicted molar refractivity (Wildman–Crippen MR) is 59.6 cm³/mol. The monoisotopic (exact) mass is 213 g/mol. The number of nitrogens with zero attached hydrogens (tertiary/aromatic N) is 2. The van der Waals surface area contributed by atoms with Crippen molar-refractivity contribution < 1.29 is 0 Å². The Kier molecular flexibility index (Phi) is 1.67. The van der Waals surface area contributed by atoms with Gasteiger partial charge in [0.15, 0.2) is 5.65 Å². The zero-order valence-electron chi connectivity index (χ0n) is 8.18. The second-order valence-corrected chi connectivity index (χ2v) is 3.44. The van der Waals surface area contributed by atoms with Gasteiger partial charge in [-0.05, 0) is 24.3 Å². The van der Waals surface area contributed by atoms with E-state index >= 15 is 0 Å². The number of fused-ring (bicyclic) bond motifs is 3. The molecule has 3 aromatic rings. The second kappa shape index (κ2) is 3.03. The van der Waals surface area contributed by atoms with Crippen LogP contribution in [-0.4, -0.2) is 14.6 Å². The Hall–Kier alpha value is -2.43. The predicted octanol–water partition coefficient (Wildman–Crippen LogP) is 0.536. The van der Waals surface area contributed by atoms with E-state index in [4.69, 9.17) is 0 Å². The molecule has 0 aliphatic rings. The van der Waals surface area contributed by atoms with E-state index < -0.39 is 10.9 Å². The van der Waals surface area contributed by atoms with Crippen molar-refractivity contribution in [1.29, 1.82) is 0 Å². The molecule has 0 aliphatic carbocycles. The van der Waals surface area contributed by atoms with Crippen molar-refractivity contribution in [2.24, 2.45) is 0 Å². The fourth-order valence-corrected chi connectivity index (χ4v) is 1.66. The number of imidazole rings is 1. The molecule has 0 radical (unpaired) electrons. The molecular formula is C11H7N3O2. The van der Waals surface area contributed by atoms with Crippen molar-refractivity contribution in [3.63, 3.8) is 0 Å². The van der Waals surface area contributed by atoms with Crippen LogP contribution in [-0.2, 0) is 0 Å². The van der Waals surface area contributed by atoms with Gasteiger partial charge in [-0.25, -0.2) is 9.50 Å². The van der Waals surface area contributed by atoms with Crippen LogP contribution in [0.3, 0.4) is 0 Å². The van der Waals surface area contributed by atoms with E-state index in [1.54, 1.807) is 16.8 Å². The van der Waals surface area contributed by atoms with Crippen LogP contribution in [0, 0.1) is 0 Å². The fraction of sp³-hybridized carbons (Fsp3) is 0. The Bertz CT molecular complexity index is 801. The van der Waals surface area contributed by atoms with E-state index in [1.807, 2.05) is 12.1 Å². The lowest BCUT2D eigenvalue weighted by Gasteiger charge is -1.91. The van der Waals surface area contributed by atoms with Crippen LogP contribution >= 0.6 is 0 Å². The minimum Gasteiger partial charge on any atom is -0.300 e. The van der Waals surface area contributed by atoms with E-state index in [0.717, 1.165) is 0 Å². The standard InChI is InChI=1S/C11H7N3O2/c15-9-4-3-7-8(6-10(9)16)14-11(13-7)2-1-5-12-14/h1-6,12H. The number of hydrogen-bond acceptors (Lipinski definition) is 3. The largest absolute Gasteiger partial charge is 0.300 e. The molecule has 78 valence electrons. The van der Waals surface area contributed by atoms with Gasteiger partial charge in [0.1, 0.15) is 0 Å². The van der Waals surface area contributed by atoms with E-state index in [2.05, 4.69) is 10.1 Å². The molecule has 0 amide bonds. The molecule has 2 heterocycles. The summed E-state index contributed by atoms with van der Waals surface area (Å²) in [5.41, 5.74) is 0.858. The SMILES string of the molecule is O=c1ccc2nc3ccc[nH]n3c2cc1=O. The highest BCUT2D eigenvalue weighted by Gasteiger charge is 2.03. The van der Waals surface area contributed by atoms with Gasteiger partial charge in [-0.15, -0.1) is 0 Å². The molecule has 0 spiro atoms. The van der Waals surface area contributed by atoms with Gasteiger partial charge >= 0.3 is 0 Å². The summed E-state index contributed by atoms with van der Waals surface area (Å²) in [6.07, 6.45) is 1.73. The van der Waals surface area contributed by atoms with Crippen molar-refractivity contribution >= 4 is 16.7 Å². The third-order valence-corrected chi connectivity index (χ3v) is 2.42. The van der Waals surface area contributed by atoms with Gasteiger partial charge in [0.25, 0.3) is 0 Å². The van der Waals surface area contributed by atoms with Crippen molar-refractivity contribution in [1.82, 2.24) is 14.6 Å². The average molecular weight is 213 g/mol. The van der Waals surface area contributed by atoms with Gasteiger partial charge in [-0.1, -0.05) is 0 Å². The zero-order valence-corrected chi connectivity index (χ0v) is 8.18. The highest BCUT2D eigenvalue weighted by molar-refractivity contribution is 5.78. The highest BCUT2D eigenvalue weighted by atomic mass is 16.2. The Morgan fingerprint density at radius 2 is 2.00 bits per heavy atom. The summed E-state index contributed by atoms with van der Waals surface area (Å²) in [5.74, 6) is 0. The maximum absolute atomic E-state index is 11.4. The first-order valence-corrected chi connectivity index (χ1v) is 4.76. The molecule has 0 saturated heterocycles. The van der Waals surface area contributed by atoms with Gasteiger partial charge in [0, 0.05) is 12.3 Å². The van der Waals surface area contributed by atoms with Gasteiger partial charge in [-0.2, -0.15) is 0 Å². The van der Waals surface area contributed by atoms with Crippen LogP contribution in [0.15, 0.2) is 46.1 Å². The minimum atomic E-state index is -0.533. The first kappa shape index (κ1) is 8.84. The van der Waals surface area contributed by atoms with Crippen LogP contribution in [0.2, 0.25) is 0 Å².